The van der Waals surface area contributed by atoms with Crippen LogP contribution in [0.2, 0.25) is 0 Å². The molecular weight excluding hydrogens is 416 g/mol. The van der Waals surface area contributed by atoms with Gasteiger partial charge in [0.1, 0.15) is 6.33 Å². The largest absolute Gasteiger partial charge is 0.348 e. The lowest BCUT2D eigenvalue weighted by Gasteiger charge is -2.16. The Kier molecular flexibility index (Phi) is 5.48. The summed E-state index contributed by atoms with van der Waals surface area (Å²) >= 11 is 0. The standard InChI is InChI=1S/C21H24N6O3S/c1-14(2)26-13-24-20(25-26)18-12-27(31(3,29)30)19-7-6-16(9-17(18)19)21(28)23-11-15-5-4-8-22-10-15/h4-10,13-14,18H,11-12H2,1-3H3,(H,23,28)/t18-/m1/s1. The molecule has 1 aliphatic rings. The number of aromatic nitrogens is 4. The summed E-state index contributed by atoms with van der Waals surface area (Å²) in [6, 6.07) is 8.88. The van der Waals surface area contributed by atoms with Gasteiger partial charge < -0.3 is 5.32 Å². The molecule has 1 aromatic carbocycles. The van der Waals surface area contributed by atoms with Gasteiger partial charge in [-0.25, -0.2) is 13.4 Å². The van der Waals surface area contributed by atoms with Gasteiger partial charge in [0.25, 0.3) is 5.91 Å². The molecule has 2 aromatic heterocycles. The van der Waals surface area contributed by atoms with Crippen molar-refractivity contribution in [3.8, 4) is 0 Å². The molecular formula is C21H24N6O3S. The highest BCUT2D eigenvalue weighted by atomic mass is 32.2. The number of pyridine rings is 1. The fourth-order valence-corrected chi connectivity index (χ4v) is 4.53. The highest BCUT2D eigenvalue weighted by molar-refractivity contribution is 7.92. The minimum absolute atomic E-state index is 0.137. The van der Waals surface area contributed by atoms with Gasteiger partial charge in [-0.2, -0.15) is 5.10 Å². The molecule has 0 spiro atoms. The van der Waals surface area contributed by atoms with Crippen LogP contribution in [0, 0.1) is 0 Å². The Morgan fingerprint density at radius 2 is 2.10 bits per heavy atom. The number of nitrogens with zero attached hydrogens (tertiary/aromatic N) is 5. The number of sulfonamides is 1. The first-order valence-corrected chi connectivity index (χ1v) is 11.8. The van der Waals surface area contributed by atoms with Crippen LogP contribution in [0.5, 0.6) is 0 Å². The normalized spacial score (nSPS) is 15.9. The highest BCUT2D eigenvalue weighted by Gasteiger charge is 2.37. The van der Waals surface area contributed by atoms with Crippen molar-refractivity contribution in [2.75, 3.05) is 17.1 Å². The SMILES string of the molecule is CC(C)n1cnc([C@@H]2CN(S(C)(=O)=O)c3ccc(C(=O)NCc4cccnc4)cc32)n1. The molecule has 0 aliphatic carbocycles. The van der Waals surface area contributed by atoms with E-state index in [1.165, 1.54) is 10.6 Å². The van der Waals surface area contributed by atoms with Gasteiger partial charge in [0.2, 0.25) is 10.0 Å². The van der Waals surface area contributed by atoms with Crippen molar-refractivity contribution in [3.05, 3.63) is 71.6 Å². The van der Waals surface area contributed by atoms with Crippen LogP contribution in [0.1, 0.15) is 53.1 Å². The molecule has 1 N–H and O–H groups in total. The first-order valence-electron chi connectivity index (χ1n) is 9.94. The molecule has 0 unspecified atom stereocenters. The van der Waals surface area contributed by atoms with Crippen molar-refractivity contribution in [2.24, 2.45) is 0 Å². The lowest BCUT2D eigenvalue weighted by molar-refractivity contribution is 0.0951. The third kappa shape index (κ3) is 4.29. The summed E-state index contributed by atoms with van der Waals surface area (Å²) in [5.41, 5.74) is 2.62. The molecule has 1 amide bonds. The Morgan fingerprint density at radius 3 is 2.74 bits per heavy atom. The second-order valence-corrected chi connectivity index (χ2v) is 9.75. The minimum atomic E-state index is -3.48. The van der Waals surface area contributed by atoms with Crippen LogP contribution in [0.25, 0.3) is 0 Å². The fourth-order valence-electron chi connectivity index (χ4n) is 3.58. The van der Waals surface area contributed by atoms with E-state index in [2.05, 4.69) is 20.4 Å². The van der Waals surface area contributed by atoms with Gasteiger partial charge in [0, 0.05) is 37.1 Å². The van der Waals surface area contributed by atoms with E-state index in [9.17, 15) is 13.2 Å². The summed E-state index contributed by atoms with van der Waals surface area (Å²) in [5.74, 6) is -0.0614. The number of carbonyl (C=O) groups excluding carboxylic acids is 1. The number of fused-ring (bicyclic) bond motifs is 1. The summed E-state index contributed by atoms with van der Waals surface area (Å²) in [7, 11) is -3.48. The number of benzene rings is 1. The molecule has 0 bridgehead atoms. The first kappa shape index (κ1) is 21.0. The molecule has 0 saturated carbocycles. The Morgan fingerprint density at radius 1 is 1.29 bits per heavy atom. The van der Waals surface area contributed by atoms with Crippen molar-refractivity contribution in [1.82, 2.24) is 25.1 Å². The summed E-state index contributed by atoms with van der Waals surface area (Å²) in [6.07, 6.45) is 6.19. The highest BCUT2D eigenvalue weighted by Crippen LogP contribution is 2.40. The number of amides is 1. The number of anilines is 1. The Balaban J connectivity index is 1.65. The Hall–Kier alpha value is -3.27. The van der Waals surface area contributed by atoms with Gasteiger partial charge in [0.15, 0.2) is 5.82 Å². The molecule has 31 heavy (non-hydrogen) atoms. The summed E-state index contributed by atoms with van der Waals surface area (Å²) in [6.45, 7) is 4.54. The van der Waals surface area contributed by atoms with Crippen molar-refractivity contribution < 1.29 is 13.2 Å². The first-order chi connectivity index (χ1) is 14.7. The molecule has 1 aliphatic heterocycles. The van der Waals surface area contributed by atoms with Crippen LogP contribution < -0.4 is 9.62 Å². The lowest BCUT2D eigenvalue weighted by atomic mass is 9.98. The van der Waals surface area contributed by atoms with E-state index >= 15 is 0 Å². The maximum absolute atomic E-state index is 12.7. The van der Waals surface area contributed by atoms with Gasteiger partial charge in [0.05, 0.1) is 17.9 Å². The van der Waals surface area contributed by atoms with Gasteiger partial charge >= 0.3 is 0 Å². The zero-order valence-electron chi connectivity index (χ0n) is 17.6. The van der Waals surface area contributed by atoms with E-state index in [-0.39, 0.29) is 24.4 Å². The van der Waals surface area contributed by atoms with E-state index in [4.69, 9.17) is 0 Å². The maximum atomic E-state index is 12.7. The van der Waals surface area contributed by atoms with E-state index in [1.807, 2.05) is 26.0 Å². The lowest BCUT2D eigenvalue weighted by Crippen LogP contribution is -2.29. The average molecular weight is 441 g/mol. The van der Waals surface area contributed by atoms with Crippen LogP contribution in [-0.2, 0) is 16.6 Å². The topological polar surface area (TPSA) is 110 Å². The molecule has 4 rings (SSSR count). The van der Waals surface area contributed by atoms with Gasteiger partial charge in [-0.1, -0.05) is 6.07 Å². The number of carbonyl (C=O) groups is 1. The number of hydrogen-bond acceptors (Lipinski definition) is 6. The summed E-state index contributed by atoms with van der Waals surface area (Å²) < 4.78 is 27.8. The third-order valence-electron chi connectivity index (χ3n) is 5.23. The van der Waals surface area contributed by atoms with Crippen LogP contribution in [0.3, 0.4) is 0 Å². The number of nitrogens with one attached hydrogen (secondary N) is 1. The average Bonchev–Trinajstić information content (AvgIpc) is 3.37. The summed E-state index contributed by atoms with van der Waals surface area (Å²) in [5, 5.41) is 7.41. The number of hydrogen-bond donors (Lipinski definition) is 1. The van der Waals surface area contributed by atoms with Crippen LogP contribution in [0.15, 0.2) is 49.1 Å². The molecule has 1 atom stereocenters. The minimum Gasteiger partial charge on any atom is -0.348 e. The fraction of sp³-hybridized carbons (Fsp3) is 0.333. The van der Waals surface area contributed by atoms with E-state index in [0.717, 1.165) is 11.1 Å². The van der Waals surface area contributed by atoms with Crippen LogP contribution >= 0.6 is 0 Å². The molecule has 3 aromatic rings. The van der Waals surface area contributed by atoms with Crippen molar-refractivity contribution in [2.45, 2.75) is 32.4 Å². The predicted molar refractivity (Wildman–Crippen MR) is 116 cm³/mol. The zero-order valence-corrected chi connectivity index (χ0v) is 18.4. The van der Waals surface area contributed by atoms with Crippen molar-refractivity contribution in [1.29, 1.82) is 0 Å². The maximum Gasteiger partial charge on any atom is 0.251 e. The van der Waals surface area contributed by atoms with E-state index in [1.54, 1.807) is 41.6 Å². The van der Waals surface area contributed by atoms with Gasteiger partial charge in [-0.3, -0.25) is 18.8 Å². The third-order valence-corrected chi connectivity index (χ3v) is 6.37. The second-order valence-electron chi connectivity index (χ2n) is 7.84. The van der Waals surface area contributed by atoms with Crippen molar-refractivity contribution in [3.63, 3.8) is 0 Å². The van der Waals surface area contributed by atoms with Crippen molar-refractivity contribution >= 4 is 21.6 Å². The second kappa shape index (κ2) is 8.10. The van der Waals surface area contributed by atoms with Crippen LogP contribution in [-0.4, -0.2) is 46.9 Å². The zero-order chi connectivity index (χ0) is 22.2. The Bertz CT molecular complexity index is 1210. The van der Waals surface area contributed by atoms with Gasteiger partial charge in [-0.15, -0.1) is 0 Å². The smallest absolute Gasteiger partial charge is 0.251 e. The Labute approximate surface area is 181 Å². The van der Waals surface area contributed by atoms with Crippen LogP contribution in [0.4, 0.5) is 5.69 Å². The monoisotopic (exact) mass is 440 g/mol. The molecule has 0 radical (unpaired) electrons. The number of rotatable bonds is 6. The molecule has 9 nitrogen and oxygen atoms in total. The molecule has 10 heteroatoms. The molecule has 0 saturated heterocycles. The predicted octanol–water partition coefficient (Wildman–Crippen LogP) is 2.10. The van der Waals surface area contributed by atoms with Gasteiger partial charge in [-0.05, 0) is 49.2 Å². The summed E-state index contributed by atoms with van der Waals surface area (Å²) in [4.78, 5) is 21.2. The van der Waals surface area contributed by atoms with E-state index < -0.39 is 10.0 Å². The molecule has 162 valence electrons. The molecule has 3 heterocycles. The quantitative estimate of drug-likeness (QED) is 0.629. The molecule has 0 fully saturated rings. The van der Waals surface area contributed by atoms with E-state index in [0.29, 0.717) is 23.6 Å².